The summed E-state index contributed by atoms with van der Waals surface area (Å²) in [6.45, 7) is 9.81. The number of thiazole rings is 1. The van der Waals surface area contributed by atoms with E-state index in [4.69, 9.17) is 9.47 Å². The van der Waals surface area contributed by atoms with Gasteiger partial charge in [-0.1, -0.05) is 26.2 Å². The Kier molecular flexibility index (Phi) is 8.16. The first-order valence-corrected chi connectivity index (χ1v) is 9.03. The molecule has 0 aliphatic carbocycles. The van der Waals surface area contributed by atoms with Crippen LogP contribution >= 0.6 is 24.2 Å². The summed E-state index contributed by atoms with van der Waals surface area (Å²) in [5.41, 5.74) is 2.90. The number of nitrogens with zero attached hydrogens (tertiary/aromatic N) is 2. The third-order valence-corrected chi connectivity index (χ3v) is 4.90. The van der Waals surface area contributed by atoms with Crippen LogP contribution in [0, 0.1) is 0 Å². The minimum absolute atomic E-state index is 0.207. The second-order valence-corrected chi connectivity index (χ2v) is 7.55. The van der Waals surface area contributed by atoms with E-state index in [9.17, 15) is 0 Å². The minimum atomic E-state index is 0.207. The molecule has 1 aromatic heterocycles. The monoisotopic (exact) mass is 356 g/mol. The largest absolute Gasteiger partial charge is 0.497 e. The van der Waals surface area contributed by atoms with Crippen LogP contribution in [0.2, 0.25) is 0 Å². The topological polar surface area (TPSA) is 34.6 Å². The van der Waals surface area contributed by atoms with Crippen molar-refractivity contribution in [1.29, 1.82) is 0 Å². The molecule has 0 amide bonds. The van der Waals surface area contributed by atoms with Gasteiger partial charge >= 0.3 is 0 Å². The summed E-state index contributed by atoms with van der Waals surface area (Å²) in [5, 5.41) is 0. The van der Waals surface area contributed by atoms with E-state index in [1.54, 1.807) is 31.1 Å². The van der Waals surface area contributed by atoms with Crippen molar-refractivity contribution in [1.82, 2.24) is 9.29 Å². The van der Waals surface area contributed by atoms with Crippen molar-refractivity contribution in [2.45, 2.75) is 46.1 Å². The van der Waals surface area contributed by atoms with Crippen LogP contribution in [0.15, 0.2) is 17.6 Å². The molecule has 4 nitrogen and oxygen atoms in total. The van der Waals surface area contributed by atoms with Crippen LogP contribution in [0.4, 0.5) is 0 Å². The van der Waals surface area contributed by atoms with Gasteiger partial charge in [-0.2, -0.15) is 0 Å². The first-order valence-electron chi connectivity index (χ1n) is 7.75. The van der Waals surface area contributed by atoms with Crippen molar-refractivity contribution in [3.8, 4) is 11.5 Å². The number of rotatable bonds is 5. The van der Waals surface area contributed by atoms with Crippen molar-refractivity contribution in [2.24, 2.45) is 0 Å². The summed E-state index contributed by atoms with van der Waals surface area (Å²) in [5.74, 6) is 1.56. The van der Waals surface area contributed by atoms with E-state index in [-0.39, 0.29) is 5.54 Å². The summed E-state index contributed by atoms with van der Waals surface area (Å²) in [4.78, 5) is 4.20. The van der Waals surface area contributed by atoms with E-state index >= 15 is 0 Å². The number of thiol groups is 1. The summed E-state index contributed by atoms with van der Waals surface area (Å²) >= 11 is 5.95. The highest BCUT2D eigenvalue weighted by Crippen LogP contribution is 2.32. The Hall–Kier alpha value is -0.980. The van der Waals surface area contributed by atoms with Crippen molar-refractivity contribution < 1.29 is 9.47 Å². The Morgan fingerprint density at radius 2 is 1.91 bits per heavy atom. The SMILES string of the molecule is CCCCN(S)C(C)(C)C.COc1cc(OC)c2ncsc2c1. The van der Waals surface area contributed by atoms with E-state index in [0.29, 0.717) is 0 Å². The Morgan fingerprint density at radius 1 is 1.22 bits per heavy atom. The fraction of sp³-hybridized carbons (Fsp3) is 0.588. The van der Waals surface area contributed by atoms with Crippen LogP contribution in [0.3, 0.4) is 0 Å². The molecule has 0 aliphatic heterocycles. The smallest absolute Gasteiger partial charge is 0.149 e. The number of hydrogen-bond donors (Lipinski definition) is 1. The molecule has 0 atom stereocenters. The molecule has 0 radical (unpaired) electrons. The molecule has 1 heterocycles. The fourth-order valence-electron chi connectivity index (χ4n) is 1.83. The Labute approximate surface area is 149 Å². The van der Waals surface area contributed by atoms with Crippen LogP contribution in [0.5, 0.6) is 11.5 Å². The number of benzene rings is 1. The lowest BCUT2D eigenvalue weighted by molar-refractivity contribution is 0.274. The van der Waals surface area contributed by atoms with Gasteiger partial charge in [-0.15, -0.1) is 11.3 Å². The van der Waals surface area contributed by atoms with E-state index in [1.165, 1.54) is 12.8 Å². The molecule has 0 N–H and O–H groups in total. The lowest BCUT2D eigenvalue weighted by Gasteiger charge is -2.30. The van der Waals surface area contributed by atoms with E-state index in [0.717, 1.165) is 28.3 Å². The van der Waals surface area contributed by atoms with Crippen LogP contribution in [-0.2, 0) is 0 Å². The molecule has 6 heteroatoms. The molecule has 2 aromatic rings. The molecule has 0 fully saturated rings. The predicted molar refractivity (Wildman–Crippen MR) is 103 cm³/mol. The molecule has 130 valence electrons. The van der Waals surface area contributed by atoms with Crippen LogP contribution in [0.1, 0.15) is 40.5 Å². The first-order chi connectivity index (χ1) is 10.8. The van der Waals surface area contributed by atoms with Gasteiger partial charge in [0.1, 0.15) is 17.0 Å². The van der Waals surface area contributed by atoms with Crippen molar-refractivity contribution in [3.63, 3.8) is 0 Å². The zero-order valence-corrected chi connectivity index (χ0v) is 16.6. The van der Waals surface area contributed by atoms with Gasteiger partial charge in [0.05, 0.1) is 24.4 Å². The number of hydrogen-bond acceptors (Lipinski definition) is 6. The average Bonchev–Trinajstić information content (AvgIpc) is 2.99. The zero-order chi connectivity index (χ0) is 17.5. The lowest BCUT2D eigenvalue weighted by atomic mass is 10.1. The molecule has 0 bridgehead atoms. The Morgan fingerprint density at radius 3 is 2.43 bits per heavy atom. The number of aromatic nitrogens is 1. The standard InChI is InChI=1S/C9H9NO2S.C8H19NS/c1-11-6-3-7(12-2)9-8(4-6)13-5-10-9;1-5-6-7-9(10)8(2,3)4/h3-5H,1-2H3;10H,5-7H2,1-4H3. The molecule has 0 saturated carbocycles. The number of methoxy groups -OCH3 is 2. The molecular weight excluding hydrogens is 328 g/mol. The quantitative estimate of drug-likeness (QED) is 0.761. The number of unbranched alkanes of at least 4 members (excludes halogenated alkanes) is 1. The van der Waals surface area contributed by atoms with Crippen molar-refractivity contribution >= 4 is 34.4 Å². The van der Waals surface area contributed by atoms with Crippen molar-refractivity contribution in [3.05, 3.63) is 17.6 Å². The maximum Gasteiger partial charge on any atom is 0.149 e. The van der Waals surface area contributed by atoms with Gasteiger partial charge < -0.3 is 9.47 Å². The zero-order valence-electron chi connectivity index (χ0n) is 14.9. The highest BCUT2D eigenvalue weighted by atomic mass is 32.1. The molecular formula is C17H28N2O2S2. The maximum absolute atomic E-state index is 5.19. The summed E-state index contributed by atoms with van der Waals surface area (Å²) in [6.07, 6.45) is 2.48. The van der Waals surface area contributed by atoms with Gasteiger partial charge in [0.25, 0.3) is 0 Å². The summed E-state index contributed by atoms with van der Waals surface area (Å²) < 4.78 is 13.5. The Balaban J connectivity index is 0.000000241. The minimum Gasteiger partial charge on any atom is -0.497 e. The molecule has 0 saturated heterocycles. The molecule has 0 unspecified atom stereocenters. The molecule has 0 spiro atoms. The second kappa shape index (κ2) is 9.35. The van der Waals surface area contributed by atoms with Crippen LogP contribution in [-0.4, -0.2) is 35.6 Å². The second-order valence-electron chi connectivity index (χ2n) is 6.18. The van der Waals surface area contributed by atoms with Gasteiger partial charge in [0.15, 0.2) is 0 Å². The third-order valence-electron chi connectivity index (χ3n) is 3.33. The van der Waals surface area contributed by atoms with Crippen LogP contribution in [0.25, 0.3) is 10.2 Å². The molecule has 23 heavy (non-hydrogen) atoms. The van der Waals surface area contributed by atoms with E-state index in [2.05, 4.69) is 49.8 Å². The van der Waals surface area contributed by atoms with Gasteiger partial charge in [0.2, 0.25) is 0 Å². The van der Waals surface area contributed by atoms with E-state index < -0.39 is 0 Å². The van der Waals surface area contributed by atoms with Gasteiger partial charge in [-0.05, 0) is 33.3 Å². The van der Waals surface area contributed by atoms with Crippen molar-refractivity contribution in [2.75, 3.05) is 20.8 Å². The van der Waals surface area contributed by atoms with E-state index in [1.807, 2.05) is 12.1 Å². The molecule has 2 rings (SSSR count). The average molecular weight is 357 g/mol. The van der Waals surface area contributed by atoms with Gasteiger partial charge in [0, 0.05) is 18.2 Å². The summed E-state index contributed by atoms with van der Waals surface area (Å²) in [7, 11) is 3.27. The van der Waals surface area contributed by atoms with Gasteiger partial charge in [-0.3, -0.25) is 0 Å². The highest BCUT2D eigenvalue weighted by molar-refractivity contribution is 7.77. The first kappa shape index (κ1) is 20.1. The highest BCUT2D eigenvalue weighted by Gasteiger charge is 2.16. The normalized spacial score (nSPS) is 11.3. The lowest BCUT2D eigenvalue weighted by Crippen LogP contribution is -2.34. The number of ether oxygens (including phenoxy) is 2. The molecule has 1 aromatic carbocycles. The number of fused-ring (bicyclic) bond motifs is 1. The van der Waals surface area contributed by atoms with Gasteiger partial charge in [-0.25, -0.2) is 9.29 Å². The molecule has 0 aliphatic rings. The van der Waals surface area contributed by atoms with Crippen LogP contribution < -0.4 is 9.47 Å². The maximum atomic E-state index is 5.19. The fourth-order valence-corrected chi connectivity index (χ4v) is 2.69. The summed E-state index contributed by atoms with van der Waals surface area (Å²) in [6, 6.07) is 3.79. The Bertz CT molecular complexity index is 594. The third kappa shape index (κ3) is 6.20. The predicted octanol–water partition coefficient (Wildman–Crippen LogP) is 5.05.